The molecule has 0 radical (unpaired) electrons. The van der Waals surface area contributed by atoms with Crippen LogP contribution in [0.2, 0.25) is 0 Å². The fraction of sp³-hybridized carbons (Fsp3) is 0.462. The van der Waals surface area contributed by atoms with E-state index in [0.29, 0.717) is 17.1 Å². The van der Waals surface area contributed by atoms with Gasteiger partial charge in [-0.2, -0.15) is 15.3 Å². The fourth-order valence-electron chi connectivity index (χ4n) is 1.89. The molecule has 6 heteroatoms. The Morgan fingerprint density at radius 1 is 1.32 bits per heavy atom. The van der Waals surface area contributed by atoms with Gasteiger partial charge in [-0.1, -0.05) is 6.92 Å². The first-order valence-corrected chi connectivity index (χ1v) is 6.32. The molecule has 0 aromatic carbocycles. The van der Waals surface area contributed by atoms with Gasteiger partial charge in [-0.15, -0.1) is 0 Å². The summed E-state index contributed by atoms with van der Waals surface area (Å²) in [5.41, 5.74) is 2.00. The number of carbonyl (C=O) groups excluding carboxylic acids is 1. The van der Waals surface area contributed by atoms with E-state index in [1.54, 1.807) is 17.7 Å². The number of hydrogen-bond acceptors (Lipinski definition) is 5. The summed E-state index contributed by atoms with van der Waals surface area (Å²) >= 11 is 0. The number of carbonyl (C=O) groups is 1. The molecule has 2 heterocycles. The lowest BCUT2D eigenvalue weighted by Gasteiger charge is -2.06. The molecule has 6 nitrogen and oxygen atoms in total. The Labute approximate surface area is 111 Å². The molecule has 0 spiro atoms. The van der Waals surface area contributed by atoms with Gasteiger partial charge in [0.15, 0.2) is 5.78 Å². The summed E-state index contributed by atoms with van der Waals surface area (Å²) in [6.45, 7) is 6.45. The lowest BCUT2D eigenvalue weighted by Crippen LogP contribution is -2.13. The Morgan fingerprint density at radius 2 is 2.11 bits per heavy atom. The van der Waals surface area contributed by atoms with Crippen molar-refractivity contribution in [3.05, 3.63) is 35.2 Å². The van der Waals surface area contributed by atoms with Gasteiger partial charge in [0.05, 0.1) is 17.8 Å². The lowest BCUT2D eigenvalue weighted by atomic mass is 10.1. The molecule has 0 aliphatic heterocycles. The molecule has 0 saturated heterocycles. The van der Waals surface area contributed by atoms with Gasteiger partial charge in [-0.05, 0) is 26.3 Å². The van der Waals surface area contributed by atoms with Gasteiger partial charge in [0, 0.05) is 12.1 Å². The number of nitrogens with zero attached hydrogens (tertiary/aromatic N) is 5. The van der Waals surface area contributed by atoms with E-state index in [1.807, 2.05) is 6.92 Å². The Morgan fingerprint density at radius 3 is 2.84 bits per heavy atom. The molecular formula is C13H17N5O. The summed E-state index contributed by atoms with van der Waals surface area (Å²) in [6, 6.07) is 1.77. The Balaban J connectivity index is 2.21. The number of rotatable bonds is 5. The van der Waals surface area contributed by atoms with E-state index in [0.717, 1.165) is 18.7 Å². The number of Topliss-reactive ketones (excluding diaryl/α,β-unsaturated/α-hetero) is 1. The number of aryl methyl sites for hydroxylation is 3. The highest BCUT2D eigenvalue weighted by Gasteiger charge is 2.15. The van der Waals surface area contributed by atoms with Crippen molar-refractivity contribution in [2.24, 2.45) is 0 Å². The van der Waals surface area contributed by atoms with E-state index in [9.17, 15) is 4.79 Å². The summed E-state index contributed by atoms with van der Waals surface area (Å²) < 4.78 is 1.77. The van der Waals surface area contributed by atoms with Crippen molar-refractivity contribution in [1.82, 2.24) is 25.0 Å². The maximum absolute atomic E-state index is 12.3. The Kier molecular flexibility index (Phi) is 3.99. The molecule has 0 aliphatic carbocycles. The van der Waals surface area contributed by atoms with Crippen LogP contribution in [0.1, 0.15) is 40.9 Å². The maximum Gasteiger partial charge on any atom is 0.172 e. The summed E-state index contributed by atoms with van der Waals surface area (Å²) in [5, 5.41) is 12.0. The minimum atomic E-state index is 0.000790. The van der Waals surface area contributed by atoms with Crippen molar-refractivity contribution >= 4 is 5.78 Å². The van der Waals surface area contributed by atoms with Crippen molar-refractivity contribution in [2.45, 2.75) is 40.2 Å². The topological polar surface area (TPSA) is 73.6 Å². The molecule has 0 N–H and O–H groups in total. The van der Waals surface area contributed by atoms with Gasteiger partial charge in [0.2, 0.25) is 0 Å². The van der Waals surface area contributed by atoms with Crippen LogP contribution in [0.25, 0.3) is 0 Å². The third-order valence-electron chi connectivity index (χ3n) is 2.85. The zero-order valence-electron chi connectivity index (χ0n) is 11.4. The highest BCUT2D eigenvalue weighted by atomic mass is 16.1. The summed E-state index contributed by atoms with van der Waals surface area (Å²) in [7, 11) is 0. The van der Waals surface area contributed by atoms with Crippen LogP contribution in [0.3, 0.4) is 0 Å². The summed E-state index contributed by atoms with van der Waals surface area (Å²) in [6.07, 6.45) is 2.69. The molecule has 0 bridgehead atoms. The molecule has 2 aromatic heterocycles. The quantitative estimate of drug-likeness (QED) is 0.761. The Bertz CT molecular complexity index is 590. The molecule has 2 rings (SSSR count). The average molecular weight is 259 g/mol. The molecule has 0 amide bonds. The van der Waals surface area contributed by atoms with Crippen LogP contribution in [0.4, 0.5) is 0 Å². The molecule has 0 atom stereocenters. The van der Waals surface area contributed by atoms with Crippen LogP contribution in [0.15, 0.2) is 12.4 Å². The third kappa shape index (κ3) is 3.01. The third-order valence-corrected chi connectivity index (χ3v) is 2.85. The second-order valence-corrected chi connectivity index (χ2v) is 4.48. The van der Waals surface area contributed by atoms with Crippen LogP contribution in [0.5, 0.6) is 0 Å². The molecule has 100 valence electrons. The van der Waals surface area contributed by atoms with E-state index < -0.39 is 0 Å². The molecule has 0 unspecified atom stereocenters. The van der Waals surface area contributed by atoms with Crippen LogP contribution >= 0.6 is 0 Å². The zero-order chi connectivity index (χ0) is 13.8. The summed E-state index contributed by atoms with van der Waals surface area (Å²) in [5.74, 6) is 0.696. The first-order valence-electron chi connectivity index (χ1n) is 6.32. The van der Waals surface area contributed by atoms with E-state index >= 15 is 0 Å². The second kappa shape index (κ2) is 5.69. The first-order chi connectivity index (χ1) is 9.11. The molecule has 2 aromatic rings. The van der Waals surface area contributed by atoms with Crippen molar-refractivity contribution < 1.29 is 4.79 Å². The van der Waals surface area contributed by atoms with E-state index in [4.69, 9.17) is 0 Å². The Hall–Kier alpha value is -2.11. The lowest BCUT2D eigenvalue weighted by molar-refractivity contribution is 0.0988. The number of aromatic nitrogens is 5. The van der Waals surface area contributed by atoms with Gasteiger partial charge in [-0.3, -0.25) is 4.79 Å². The van der Waals surface area contributed by atoms with Crippen molar-refractivity contribution in [3.63, 3.8) is 0 Å². The zero-order valence-corrected chi connectivity index (χ0v) is 11.4. The smallest absolute Gasteiger partial charge is 0.172 e. The highest BCUT2D eigenvalue weighted by molar-refractivity contribution is 5.98. The van der Waals surface area contributed by atoms with Gasteiger partial charge < -0.3 is 0 Å². The molecule has 0 fully saturated rings. The van der Waals surface area contributed by atoms with E-state index in [-0.39, 0.29) is 12.2 Å². The van der Waals surface area contributed by atoms with E-state index in [2.05, 4.69) is 27.2 Å². The maximum atomic E-state index is 12.3. The minimum absolute atomic E-state index is 0.000790. The standard InChI is InChI=1S/C13H17N5O/c1-4-5-18-13(14-8-15-18)7-12(19)11-6-9(2)16-17-10(11)3/h6,8H,4-5,7H2,1-3H3. The normalized spacial score (nSPS) is 10.7. The SMILES string of the molecule is CCCn1ncnc1CC(=O)c1cc(C)nnc1C. The monoisotopic (exact) mass is 259 g/mol. The van der Waals surface area contributed by atoms with Gasteiger partial charge >= 0.3 is 0 Å². The van der Waals surface area contributed by atoms with Gasteiger partial charge in [0.1, 0.15) is 12.2 Å². The van der Waals surface area contributed by atoms with Crippen molar-refractivity contribution in [1.29, 1.82) is 0 Å². The molecule has 0 aliphatic rings. The number of hydrogen-bond donors (Lipinski definition) is 0. The molecule has 19 heavy (non-hydrogen) atoms. The number of ketones is 1. The summed E-state index contributed by atoms with van der Waals surface area (Å²) in [4.78, 5) is 16.4. The van der Waals surface area contributed by atoms with Crippen LogP contribution in [-0.2, 0) is 13.0 Å². The first kappa shape index (κ1) is 13.3. The van der Waals surface area contributed by atoms with Gasteiger partial charge in [0.25, 0.3) is 0 Å². The molecular weight excluding hydrogens is 242 g/mol. The predicted molar refractivity (Wildman–Crippen MR) is 69.9 cm³/mol. The van der Waals surface area contributed by atoms with Crippen LogP contribution < -0.4 is 0 Å². The van der Waals surface area contributed by atoms with Crippen molar-refractivity contribution in [2.75, 3.05) is 0 Å². The van der Waals surface area contributed by atoms with Crippen LogP contribution in [0, 0.1) is 13.8 Å². The highest BCUT2D eigenvalue weighted by Crippen LogP contribution is 2.10. The fourth-order valence-corrected chi connectivity index (χ4v) is 1.89. The second-order valence-electron chi connectivity index (χ2n) is 4.48. The molecule has 0 saturated carbocycles. The van der Waals surface area contributed by atoms with Gasteiger partial charge in [-0.25, -0.2) is 9.67 Å². The van der Waals surface area contributed by atoms with Crippen molar-refractivity contribution in [3.8, 4) is 0 Å². The average Bonchev–Trinajstić information content (AvgIpc) is 2.80. The largest absolute Gasteiger partial charge is 0.294 e. The predicted octanol–water partition coefficient (Wildman–Crippen LogP) is 1.52. The van der Waals surface area contributed by atoms with E-state index in [1.165, 1.54) is 6.33 Å². The van der Waals surface area contributed by atoms with Crippen LogP contribution in [-0.4, -0.2) is 30.7 Å². The minimum Gasteiger partial charge on any atom is -0.294 e.